The first kappa shape index (κ1) is 96.7. The van der Waals surface area contributed by atoms with Gasteiger partial charge in [0.15, 0.2) is 72.9 Å². The number of nitrogens with one attached hydrogen (secondary N) is 1. The minimum Gasteiger partial charge on any atom is -0.329 e. The summed E-state index contributed by atoms with van der Waals surface area (Å²) in [6.45, 7) is 1.72. The van der Waals surface area contributed by atoms with Gasteiger partial charge in [0.25, 0.3) is 16.7 Å². The molecular weight excluding hydrogens is 1850 g/mol. The molecule has 3 saturated heterocycles. The molecule has 9 heterocycles. The number of fused-ring (bicyclic) bond motifs is 3. The summed E-state index contributed by atoms with van der Waals surface area (Å²) in [5.41, 5.74) is 2.42. The van der Waals surface area contributed by atoms with Gasteiger partial charge in [-0.15, -0.1) is 0 Å². The highest BCUT2D eigenvalue weighted by Gasteiger charge is 2.52. The van der Waals surface area contributed by atoms with E-state index in [-0.39, 0.29) is 80.8 Å². The average molecular weight is 1940 g/mol. The largest absolute Gasteiger partial charge is 0.329 e. The second-order valence-electron chi connectivity index (χ2n) is 35.1. The summed E-state index contributed by atoms with van der Waals surface area (Å²) in [6.07, 6.45) is 26.9. The maximum absolute atomic E-state index is 14.9. The van der Waals surface area contributed by atoms with Crippen LogP contribution in [0.5, 0.6) is 0 Å². The van der Waals surface area contributed by atoms with Crippen molar-refractivity contribution in [1.82, 2.24) is 52.4 Å². The van der Waals surface area contributed by atoms with Gasteiger partial charge in [-0.25, -0.2) is 82.9 Å². The maximum Gasteiger partial charge on any atom is 0.274 e. The quantitative estimate of drug-likeness (QED) is 0.0397. The van der Waals surface area contributed by atoms with Crippen LogP contribution in [0, 0.1) is 84.8 Å². The lowest BCUT2D eigenvalue weighted by atomic mass is 9.85. The second-order valence-corrected chi connectivity index (χ2v) is 40.6. The van der Waals surface area contributed by atoms with E-state index in [1.165, 1.54) is 108 Å². The molecule has 6 aromatic heterocycles. The Hall–Kier alpha value is -12.4. The first-order valence-corrected chi connectivity index (χ1v) is 48.8. The number of H-pyrrole nitrogens is 1. The van der Waals surface area contributed by atoms with Gasteiger partial charge in [0, 0.05) is 103 Å². The number of benzene rings is 6. The number of aromatic amines is 1. The molecule has 26 nitrogen and oxygen atoms in total. The Morgan fingerprint density at radius 1 is 0.368 bits per heavy atom. The molecule has 3 amide bonds. The summed E-state index contributed by atoms with van der Waals surface area (Å²) in [6, 6.07) is 23.5. The van der Waals surface area contributed by atoms with Crippen molar-refractivity contribution in [1.29, 1.82) is 0 Å². The highest BCUT2D eigenvalue weighted by atomic mass is 32.2. The van der Waals surface area contributed by atoms with Gasteiger partial charge in [0.1, 0.15) is 23.9 Å². The Kier molecular flexibility index (Phi) is 28.0. The summed E-state index contributed by atoms with van der Waals surface area (Å²) in [4.78, 5) is 95.3. The van der Waals surface area contributed by atoms with E-state index >= 15 is 0 Å². The predicted molar refractivity (Wildman–Crippen MR) is 482 cm³/mol. The number of anilines is 3. The zero-order valence-electron chi connectivity index (χ0n) is 74.3. The van der Waals surface area contributed by atoms with Gasteiger partial charge < -0.3 is 19.7 Å². The highest BCUT2D eigenvalue weighted by Crippen LogP contribution is 2.43. The number of nitrogens with zero attached hydrogens (tertiary/aromatic N) is 13. The van der Waals surface area contributed by atoms with Crippen LogP contribution in [0.3, 0.4) is 0 Å². The Labute approximate surface area is 774 Å². The van der Waals surface area contributed by atoms with Crippen LogP contribution in [0.15, 0.2) is 169 Å². The molecule has 40 heteroatoms. The van der Waals surface area contributed by atoms with E-state index in [0.717, 1.165) is 106 Å². The van der Waals surface area contributed by atoms with Crippen LogP contribution in [-0.4, -0.2) is 133 Å². The molecule has 3 aliphatic carbocycles. The van der Waals surface area contributed by atoms with Crippen molar-refractivity contribution in [3.63, 3.8) is 0 Å². The molecule has 0 bridgehead atoms. The van der Waals surface area contributed by atoms with E-state index in [0.29, 0.717) is 103 Å². The number of rotatable bonds is 21. The van der Waals surface area contributed by atoms with Crippen LogP contribution >= 0.6 is 0 Å². The molecule has 714 valence electrons. The first-order chi connectivity index (χ1) is 64.8. The van der Waals surface area contributed by atoms with Crippen LogP contribution in [0.25, 0.3) is 32.3 Å². The predicted octanol–water partition coefficient (Wildman–Crippen LogP) is 16.2. The van der Waals surface area contributed by atoms with E-state index < -0.39 is 156 Å². The zero-order chi connectivity index (χ0) is 97.0. The van der Waals surface area contributed by atoms with Crippen LogP contribution in [0.4, 0.5) is 65.4 Å². The molecule has 18 rings (SSSR count). The van der Waals surface area contributed by atoms with Crippen molar-refractivity contribution in [3.8, 4) is 0 Å². The van der Waals surface area contributed by atoms with Crippen molar-refractivity contribution < 1.29 is 87.9 Å². The summed E-state index contributed by atoms with van der Waals surface area (Å²) >= 11 is 0. The van der Waals surface area contributed by atoms with Crippen molar-refractivity contribution in [2.75, 3.05) is 34.3 Å². The third-order valence-electron chi connectivity index (χ3n) is 26.7. The van der Waals surface area contributed by atoms with E-state index in [2.05, 4.69) is 30.1 Å². The Morgan fingerprint density at radius 3 is 1.05 bits per heavy atom. The molecular formula is C96H93F11N14O12S3. The van der Waals surface area contributed by atoms with E-state index in [9.17, 15) is 102 Å². The Morgan fingerprint density at radius 2 is 0.699 bits per heavy atom. The lowest BCUT2D eigenvalue weighted by molar-refractivity contribution is -0.125. The molecule has 6 fully saturated rings. The maximum atomic E-state index is 14.9. The number of aromatic nitrogens is 8. The molecule has 3 saturated carbocycles. The van der Waals surface area contributed by atoms with Crippen molar-refractivity contribution in [3.05, 3.63) is 286 Å². The van der Waals surface area contributed by atoms with Gasteiger partial charge >= 0.3 is 0 Å². The number of carbonyl (C=O) groups is 3. The lowest BCUT2D eigenvalue weighted by Crippen LogP contribution is -2.59. The Balaban J connectivity index is 0.000000148. The molecule has 12 aromatic rings. The topological polar surface area (TPSA) is 314 Å². The van der Waals surface area contributed by atoms with Crippen LogP contribution < -0.4 is 31.4 Å². The van der Waals surface area contributed by atoms with Crippen LogP contribution in [0.2, 0.25) is 0 Å². The van der Waals surface area contributed by atoms with Crippen molar-refractivity contribution in [2.24, 2.45) is 14.1 Å². The van der Waals surface area contributed by atoms with Crippen molar-refractivity contribution in [2.45, 2.75) is 207 Å². The molecule has 1 N–H and O–H groups in total. The minimum absolute atomic E-state index is 0.00404. The number of sulfonamides is 3. The number of hydrogen-bond acceptors (Lipinski definition) is 17. The van der Waals surface area contributed by atoms with Gasteiger partial charge in [-0.05, 0) is 209 Å². The number of halogens is 11. The van der Waals surface area contributed by atoms with Crippen molar-refractivity contribution >= 4 is 97.2 Å². The third-order valence-corrected chi connectivity index (χ3v) is 32.5. The number of hydrogen-bond donors (Lipinski definition) is 1. The van der Waals surface area contributed by atoms with Gasteiger partial charge in [-0.1, -0.05) is 76.0 Å². The third kappa shape index (κ3) is 18.7. The van der Waals surface area contributed by atoms with Crippen LogP contribution in [0.1, 0.15) is 184 Å². The van der Waals surface area contributed by atoms with E-state index in [1.54, 1.807) is 67.1 Å². The summed E-state index contributed by atoms with van der Waals surface area (Å²) in [5.74, 6) is -21.3. The normalized spacial score (nSPS) is 17.7. The summed E-state index contributed by atoms with van der Waals surface area (Å²) in [7, 11) is -12.2. The number of pyridine rings is 4. The number of carbonyl (C=O) groups excluding carboxylic acids is 3. The summed E-state index contributed by atoms with van der Waals surface area (Å²) in [5, 5.41) is 10.6. The molecule has 0 radical (unpaired) electrons. The van der Waals surface area contributed by atoms with E-state index in [4.69, 9.17) is 0 Å². The van der Waals surface area contributed by atoms with Gasteiger partial charge in [0.2, 0.25) is 47.8 Å². The zero-order valence-corrected chi connectivity index (χ0v) is 76.8. The second kappa shape index (κ2) is 39.4. The highest BCUT2D eigenvalue weighted by molar-refractivity contribution is 7.89. The molecule has 0 unspecified atom stereocenters. The SMILES string of the molecule is Cc1c(F)c(F)c(F)c(S(=O)(=O)N2CC[C@@H]2C(=O)N(Cc2ccc(C3CCCCC3)cn2)c2ccc3c(=O)n(C)ncc3c2)c1F.Cc1c(F)c(F)c(S(=O)(=O)N2CC[C@@H]2C(=O)N(Cc2ccc(C3CCCCC3)cn2)c2ccc3c(=O)[nH]ccc3c2)c(F)c1F.Cc1cc(F)c(F)c(S(=O)(=O)N2CC[C@@H]2C(=O)N(Cc2ccc(C3CCCCC3)cn2)c2ccc3c(=O)n(C)ncc3c2)c1F. The monoisotopic (exact) mass is 1940 g/mol. The fraction of sp³-hybridized carbons (Fsp3) is 0.365. The fourth-order valence-corrected chi connectivity index (χ4v) is 23.9. The van der Waals surface area contributed by atoms with Gasteiger partial charge in [-0.2, -0.15) is 23.1 Å². The minimum atomic E-state index is -5.17. The molecule has 136 heavy (non-hydrogen) atoms. The fourth-order valence-electron chi connectivity index (χ4n) is 18.5. The average Bonchev–Trinajstić information content (AvgIpc) is 0.755. The molecule has 6 aliphatic rings. The van der Waals surface area contributed by atoms with Gasteiger partial charge in [0.05, 0.1) is 59.9 Å². The standard InChI is InChI=1S/C32H31F4N5O4S.C32H30F4N4O4S.C32H32F3N5O4S/c1-18-26(33)28(35)29(36)30(27(18)34)46(44,45)41-13-12-25(41)32(43)40(23-10-11-24-21(14-23)16-38-39(2)31(24)42)17-22-9-8-20(15-37-22)19-6-4-3-5-7-19;1-18-26(33)28(35)30(29(36)27(18)34)45(43,44)40-14-12-25(40)32(42)39(23-9-10-24-20(15-23)11-13-37-31(24)41)17-22-8-7-21(16-38-22)19-5-3-2-4-6-19;1-19-14-26(33)29(35)30(28(19)34)45(43,44)40-13-12-27(40)32(42)39(24-10-11-25-22(15-24)17-37-38(2)31(25)41)18-23-9-8-21(16-36-23)20-6-4-3-5-7-20/h8-11,14-16,19,25H,3-7,12-13,17H2,1-2H3;7-11,13,15-16,19,25H,2-6,12,14,17H2,1H3,(H,37,41);8-11,14-17,20,27H,3-7,12-13,18H2,1-2H3/t2*25-;27-/m111/s1. The molecule has 6 aromatic carbocycles. The lowest BCUT2D eigenvalue weighted by Gasteiger charge is -2.41. The Bertz CT molecular complexity index is 7210. The molecule has 0 spiro atoms. The number of amides is 3. The van der Waals surface area contributed by atoms with Crippen LogP contribution in [-0.2, 0) is 78.2 Å². The molecule has 3 atom stereocenters. The van der Waals surface area contributed by atoms with Gasteiger partial charge in [-0.3, -0.25) is 43.7 Å². The van der Waals surface area contributed by atoms with E-state index in [1.807, 2.05) is 24.3 Å². The first-order valence-electron chi connectivity index (χ1n) is 44.5. The smallest absolute Gasteiger partial charge is 0.274 e. The number of aryl methyl sites for hydroxylation is 3. The molecule has 3 aliphatic heterocycles. The summed E-state index contributed by atoms with van der Waals surface area (Å²) < 4.78 is 245.